The number of esters is 1. The zero-order valence-electron chi connectivity index (χ0n) is 16.5. The maximum atomic E-state index is 12.0. The van der Waals surface area contributed by atoms with Gasteiger partial charge in [0.05, 0.1) is 4.92 Å². The van der Waals surface area contributed by atoms with E-state index in [-0.39, 0.29) is 18.0 Å². The second kappa shape index (κ2) is 10.5. The van der Waals surface area contributed by atoms with Crippen molar-refractivity contribution >= 4 is 23.3 Å². The van der Waals surface area contributed by atoms with Gasteiger partial charge < -0.3 is 14.8 Å². The van der Waals surface area contributed by atoms with E-state index in [4.69, 9.17) is 9.47 Å². The molecular formula is C23H20N2O6. The number of carbonyl (C=O) groups excluding carboxylic acids is 2. The highest BCUT2D eigenvalue weighted by atomic mass is 16.6. The Kier molecular flexibility index (Phi) is 7.31. The minimum atomic E-state index is -0.729. The quantitative estimate of drug-likeness (QED) is 0.321. The largest absolute Gasteiger partial charge is 0.482 e. The van der Waals surface area contributed by atoms with Gasteiger partial charge in [-0.15, -0.1) is 0 Å². The Hall–Kier alpha value is -4.20. The summed E-state index contributed by atoms with van der Waals surface area (Å²) in [5.74, 6) is -0.869. The first-order valence-electron chi connectivity index (χ1n) is 9.46. The lowest BCUT2D eigenvalue weighted by molar-refractivity contribution is -0.383. The van der Waals surface area contributed by atoms with Crippen LogP contribution in [0.25, 0.3) is 0 Å². The summed E-state index contributed by atoms with van der Waals surface area (Å²) in [6.07, 6.45) is 0.643. The number of benzene rings is 3. The first-order chi connectivity index (χ1) is 15.0. The van der Waals surface area contributed by atoms with Crippen LogP contribution in [0.15, 0.2) is 78.9 Å². The van der Waals surface area contributed by atoms with Crippen molar-refractivity contribution < 1.29 is 24.0 Å². The van der Waals surface area contributed by atoms with E-state index in [1.165, 1.54) is 18.2 Å². The van der Waals surface area contributed by atoms with E-state index in [0.29, 0.717) is 12.2 Å². The molecule has 0 bridgehead atoms. The highest BCUT2D eigenvalue weighted by Gasteiger charge is 2.16. The lowest BCUT2D eigenvalue weighted by Gasteiger charge is -2.11. The predicted octanol–water partition coefficient (Wildman–Crippen LogP) is 3.75. The molecule has 0 radical (unpaired) electrons. The molecule has 8 nitrogen and oxygen atoms in total. The summed E-state index contributed by atoms with van der Waals surface area (Å²) < 4.78 is 10.5. The van der Waals surface area contributed by atoms with E-state index in [1.807, 2.05) is 42.5 Å². The molecule has 0 atom stereocenters. The predicted molar refractivity (Wildman–Crippen MR) is 114 cm³/mol. The Morgan fingerprint density at radius 2 is 1.55 bits per heavy atom. The molecule has 0 spiro atoms. The number of para-hydroxylation sites is 3. The summed E-state index contributed by atoms with van der Waals surface area (Å²) in [6.45, 7) is -0.954. The molecule has 8 heteroatoms. The van der Waals surface area contributed by atoms with E-state index in [1.54, 1.807) is 18.2 Å². The molecule has 3 aromatic carbocycles. The third-order valence-corrected chi connectivity index (χ3v) is 4.29. The summed E-state index contributed by atoms with van der Waals surface area (Å²) in [5, 5.41) is 13.3. The van der Waals surface area contributed by atoms with Gasteiger partial charge in [0.1, 0.15) is 11.4 Å². The molecule has 0 aromatic heterocycles. The van der Waals surface area contributed by atoms with Crippen molar-refractivity contribution in [2.75, 3.05) is 18.5 Å². The maximum Gasteiger partial charge on any atom is 0.344 e. The number of nitro groups is 1. The first kappa shape index (κ1) is 21.5. The molecule has 0 unspecified atom stereocenters. The molecule has 3 rings (SSSR count). The molecule has 0 aliphatic carbocycles. The van der Waals surface area contributed by atoms with Gasteiger partial charge in [0.25, 0.3) is 11.6 Å². The standard InChI is InChI=1S/C23H20N2O6/c26-22(24-19-11-5-6-12-20(19)25(28)29)15-31-23(27)16-30-21-13-7-4-10-18(21)14-17-8-2-1-3-9-17/h1-13H,14-16H2,(H,24,26). The van der Waals surface area contributed by atoms with Crippen molar-refractivity contribution in [2.45, 2.75) is 6.42 Å². The topological polar surface area (TPSA) is 108 Å². The van der Waals surface area contributed by atoms with E-state index in [2.05, 4.69) is 5.32 Å². The van der Waals surface area contributed by atoms with Crippen LogP contribution in [-0.4, -0.2) is 30.0 Å². The average Bonchev–Trinajstić information content (AvgIpc) is 2.78. The Labute approximate surface area is 178 Å². The van der Waals surface area contributed by atoms with Crippen LogP contribution in [0, 0.1) is 10.1 Å². The van der Waals surface area contributed by atoms with Gasteiger partial charge in [0, 0.05) is 12.5 Å². The number of hydrogen-bond donors (Lipinski definition) is 1. The number of hydrogen-bond acceptors (Lipinski definition) is 6. The third kappa shape index (κ3) is 6.40. The molecule has 158 valence electrons. The summed E-state index contributed by atoms with van der Waals surface area (Å²) in [4.78, 5) is 34.3. The highest BCUT2D eigenvalue weighted by Crippen LogP contribution is 2.23. The Morgan fingerprint density at radius 1 is 0.871 bits per heavy atom. The molecule has 1 N–H and O–H groups in total. The number of nitrogens with one attached hydrogen (secondary N) is 1. The van der Waals surface area contributed by atoms with Crippen molar-refractivity contribution in [3.8, 4) is 5.75 Å². The monoisotopic (exact) mass is 420 g/mol. The summed E-state index contributed by atoms with van der Waals surface area (Å²) in [5.41, 5.74) is 1.80. The molecule has 1 amide bonds. The molecule has 3 aromatic rings. The van der Waals surface area contributed by atoms with E-state index < -0.39 is 23.4 Å². The van der Waals surface area contributed by atoms with Gasteiger partial charge in [-0.05, 0) is 23.3 Å². The molecule has 0 fully saturated rings. The number of rotatable bonds is 9. The minimum absolute atomic E-state index is 0.0274. The number of anilines is 1. The zero-order chi connectivity index (χ0) is 22.1. The van der Waals surface area contributed by atoms with Crippen molar-refractivity contribution in [2.24, 2.45) is 0 Å². The van der Waals surface area contributed by atoms with Gasteiger partial charge >= 0.3 is 5.97 Å². The van der Waals surface area contributed by atoms with Gasteiger partial charge in [-0.3, -0.25) is 14.9 Å². The second-order valence-corrected chi connectivity index (χ2v) is 6.54. The number of nitrogens with zero attached hydrogens (tertiary/aromatic N) is 1. The van der Waals surface area contributed by atoms with Crippen molar-refractivity contribution in [3.63, 3.8) is 0 Å². The molecule has 0 aliphatic rings. The normalized spacial score (nSPS) is 10.2. The van der Waals surface area contributed by atoms with Crippen LogP contribution in [0.5, 0.6) is 5.75 Å². The molecule has 0 heterocycles. The van der Waals surface area contributed by atoms with Gasteiger partial charge in [-0.1, -0.05) is 60.7 Å². The SMILES string of the molecule is O=C(COC(=O)COc1ccccc1Cc1ccccc1)Nc1ccccc1[N+](=O)[O-]. The number of amides is 1. The summed E-state index contributed by atoms with van der Waals surface area (Å²) >= 11 is 0. The van der Waals surface area contributed by atoms with Crippen LogP contribution in [0.2, 0.25) is 0 Å². The molecule has 0 saturated heterocycles. The Morgan fingerprint density at radius 3 is 2.32 bits per heavy atom. The molecule has 31 heavy (non-hydrogen) atoms. The molecular weight excluding hydrogens is 400 g/mol. The van der Waals surface area contributed by atoms with Gasteiger partial charge in [-0.2, -0.15) is 0 Å². The first-order valence-corrected chi connectivity index (χ1v) is 9.46. The number of ether oxygens (including phenoxy) is 2. The third-order valence-electron chi connectivity index (χ3n) is 4.29. The van der Waals surface area contributed by atoms with Crippen LogP contribution in [0.4, 0.5) is 11.4 Å². The molecule has 0 aliphatic heterocycles. The average molecular weight is 420 g/mol. The van der Waals surface area contributed by atoms with Crippen molar-refractivity contribution in [1.29, 1.82) is 0 Å². The van der Waals surface area contributed by atoms with E-state index >= 15 is 0 Å². The van der Waals surface area contributed by atoms with Crippen LogP contribution < -0.4 is 10.1 Å². The van der Waals surface area contributed by atoms with Crippen LogP contribution in [0.3, 0.4) is 0 Å². The summed E-state index contributed by atoms with van der Waals surface area (Å²) in [6, 6.07) is 22.9. The molecule has 0 saturated carbocycles. The highest BCUT2D eigenvalue weighted by molar-refractivity contribution is 5.94. The van der Waals surface area contributed by atoms with Gasteiger partial charge in [0.15, 0.2) is 13.2 Å². The number of nitro benzene ring substituents is 1. The Balaban J connectivity index is 1.50. The Bertz CT molecular complexity index is 1070. The number of carbonyl (C=O) groups is 2. The lowest BCUT2D eigenvalue weighted by Crippen LogP contribution is -2.24. The smallest absolute Gasteiger partial charge is 0.344 e. The maximum absolute atomic E-state index is 12.0. The van der Waals surface area contributed by atoms with Crippen LogP contribution >= 0.6 is 0 Å². The van der Waals surface area contributed by atoms with Crippen LogP contribution in [-0.2, 0) is 20.7 Å². The van der Waals surface area contributed by atoms with Crippen molar-refractivity contribution in [1.82, 2.24) is 0 Å². The van der Waals surface area contributed by atoms with Gasteiger partial charge in [-0.25, -0.2) is 4.79 Å². The van der Waals surface area contributed by atoms with Crippen molar-refractivity contribution in [3.05, 3.63) is 100 Å². The van der Waals surface area contributed by atoms with Crippen LogP contribution in [0.1, 0.15) is 11.1 Å². The van der Waals surface area contributed by atoms with E-state index in [9.17, 15) is 19.7 Å². The summed E-state index contributed by atoms with van der Waals surface area (Å²) in [7, 11) is 0. The zero-order valence-corrected chi connectivity index (χ0v) is 16.5. The fourth-order valence-corrected chi connectivity index (χ4v) is 2.86. The van der Waals surface area contributed by atoms with E-state index in [0.717, 1.165) is 11.1 Å². The fourth-order valence-electron chi connectivity index (χ4n) is 2.86. The fraction of sp³-hybridized carbons (Fsp3) is 0.130. The lowest BCUT2D eigenvalue weighted by atomic mass is 10.0. The minimum Gasteiger partial charge on any atom is -0.482 e. The van der Waals surface area contributed by atoms with Gasteiger partial charge in [0.2, 0.25) is 0 Å². The second-order valence-electron chi connectivity index (χ2n) is 6.54.